The minimum Gasteiger partial charge on any atom is -0.369 e. The smallest absolute Gasteiger partial charge is 0.224 e. The fraction of sp³-hybridized carbons (Fsp3) is 0.600. The normalized spacial score (nSPS) is 24.8. The van der Waals surface area contributed by atoms with Crippen LogP contribution in [-0.2, 0) is 0 Å². The van der Waals surface area contributed by atoms with Crippen LogP contribution in [0.2, 0.25) is 5.28 Å². The fourth-order valence-corrected chi connectivity index (χ4v) is 1.64. The van der Waals surface area contributed by atoms with E-state index in [0.717, 1.165) is 29.8 Å². The van der Waals surface area contributed by atoms with Crippen LogP contribution < -0.4 is 5.32 Å². The summed E-state index contributed by atoms with van der Waals surface area (Å²) in [5, 5.41) is 3.62. The van der Waals surface area contributed by atoms with E-state index >= 15 is 0 Å². The number of aryl methyl sites for hydroxylation is 1. The standard InChI is InChI=1S/C10H14ClN3/c1-6-3-8(6)5-12-9-7(2)4-13-10(11)14-9/h4,6,8H,3,5H2,1-2H3,(H,12,13,14). The van der Waals surface area contributed by atoms with Gasteiger partial charge in [0.1, 0.15) is 5.82 Å². The third-order valence-corrected chi connectivity index (χ3v) is 2.93. The highest BCUT2D eigenvalue weighted by atomic mass is 35.5. The number of nitrogens with one attached hydrogen (secondary N) is 1. The minimum atomic E-state index is 0.307. The Bertz CT molecular complexity index is 340. The van der Waals surface area contributed by atoms with Gasteiger partial charge in [-0.1, -0.05) is 6.92 Å². The van der Waals surface area contributed by atoms with Crippen LogP contribution in [-0.4, -0.2) is 16.5 Å². The Balaban J connectivity index is 1.97. The summed E-state index contributed by atoms with van der Waals surface area (Å²) in [5.74, 6) is 2.53. The molecule has 1 N–H and O–H groups in total. The Kier molecular flexibility index (Phi) is 2.59. The van der Waals surface area contributed by atoms with Gasteiger partial charge in [-0.05, 0) is 36.8 Å². The summed E-state index contributed by atoms with van der Waals surface area (Å²) in [5.41, 5.74) is 1.04. The molecule has 1 saturated carbocycles. The average molecular weight is 212 g/mol. The van der Waals surface area contributed by atoms with Crippen LogP contribution in [0.5, 0.6) is 0 Å². The minimum absolute atomic E-state index is 0.307. The number of anilines is 1. The van der Waals surface area contributed by atoms with Crippen molar-refractivity contribution in [3.8, 4) is 0 Å². The maximum Gasteiger partial charge on any atom is 0.224 e. The molecule has 0 saturated heterocycles. The van der Waals surface area contributed by atoms with E-state index in [2.05, 4.69) is 22.2 Å². The maximum absolute atomic E-state index is 5.71. The van der Waals surface area contributed by atoms with Gasteiger partial charge in [-0.15, -0.1) is 0 Å². The van der Waals surface area contributed by atoms with Gasteiger partial charge >= 0.3 is 0 Å². The van der Waals surface area contributed by atoms with Gasteiger partial charge in [0.15, 0.2) is 0 Å². The number of nitrogens with zero attached hydrogens (tertiary/aromatic N) is 2. The first kappa shape index (κ1) is 9.71. The van der Waals surface area contributed by atoms with E-state index in [1.165, 1.54) is 6.42 Å². The van der Waals surface area contributed by atoms with E-state index in [1.807, 2.05) is 6.92 Å². The van der Waals surface area contributed by atoms with Crippen molar-refractivity contribution in [3.63, 3.8) is 0 Å². The first-order chi connectivity index (χ1) is 6.66. The monoisotopic (exact) mass is 211 g/mol. The van der Waals surface area contributed by atoms with Crippen LogP contribution in [0.4, 0.5) is 5.82 Å². The molecule has 3 nitrogen and oxygen atoms in total. The molecule has 2 atom stereocenters. The van der Waals surface area contributed by atoms with Gasteiger partial charge in [-0.2, -0.15) is 0 Å². The molecular weight excluding hydrogens is 198 g/mol. The number of hydrogen-bond acceptors (Lipinski definition) is 3. The van der Waals surface area contributed by atoms with Crippen molar-refractivity contribution in [2.24, 2.45) is 11.8 Å². The van der Waals surface area contributed by atoms with Crippen LogP contribution >= 0.6 is 11.6 Å². The molecule has 1 fully saturated rings. The number of aromatic nitrogens is 2. The molecule has 2 rings (SSSR count). The van der Waals surface area contributed by atoms with Crippen LogP contribution in [0.15, 0.2) is 6.20 Å². The third kappa shape index (κ3) is 2.15. The van der Waals surface area contributed by atoms with E-state index in [-0.39, 0.29) is 0 Å². The lowest BCUT2D eigenvalue weighted by atomic mass is 10.3. The first-order valence-corrected chi connectivity index (χ1v) is 5.27. The molecule has 76 valence electrons. The van der Waals surface area contributed by atoms with Gasteiger partial charge in [0, 0.05) is 18.3 Å². The van der Waals surface area contributed by atoms with Crippen LogP contribution in [0, 0.1) is 18.8 Å². The zero-order valence-electron chi connectivity index (χ0n) is 8.42. The summed E-state index contributed by atoms with van der Waals surface area (Å²) in [4.78, 5) is 8.05. The van der Waals surface area contributed by atoms with Crippen molar-refractivity contribution in [1.29, 1.82) is 0 Å². The maximum atomic E-state index is 5.71. The van der Waals surface area contributed by atoms with Gasteiger partial charge in [0.2, 0.25) is 5.28 Å². The predicted molar refractivity (Wildman–Crippen MR) is 57.5 cm³/mol. The van der Waals surface area contributed by atoms with Gasteiger partial charge in [-0.25, -0.2) is 9.97 Å². The predicted octanol–water partition coefficient (Wildman–Crippen LogP) is 2.51. The van der Waals surface area contributed by atoms with Gasteiger partial charge in [0.25, 0.3) is 0 Å². The fourth-order valence-electron chi connectivity index (χ4n) is 1.51. The van der Waals surface area contributed by atoms with Crippen LogP contribution in [0.1, 0.15) is 18.9 Å². The molecule has 14 heavy (non-hydrogen) atoms. The molecule has 1 aromatic heterocycles. The summed E-state index contributed by atoms with van der Waals surface area (Å²) >= 11 is 5.71. The summed E-state index contributed by atoms with van der Waals surface area (Å²) < 4.78 is 0. The summed E-state index contributed by atoms with van der Waals surface area (Å²) in [7, 11) is 0. The molecule has 0 aromatic carbocycles. The third-order valence-electron chi connectivity index (χ3n) is 2.75. The topological polar surface area (TPSA) is 37.8 Å². The van der Waals surface area contributed by atoms with E-state index in [4.69, 9.17) is 11.6 Å². The quantitative estimate of drug-likeness (QED) is 0.781. The largest absolute Gasteiger partial charge is 0.369 e. The van der Waals surface area contributed by atoms with Crippen LogP contribution in [0.3, 0.4) is 0 Å². The summed E-state index contributed by atoms with van der Waals surface area (Å²) in [6.07, 6.45) is 3.07. The molecule has 1 aromatic rings. The van der Waals surface area contributed by atoms with Crippen LogP contribution in [0.25, 0.3) is 0 Å². The Hall–Kier alpha value is -0.830. The molecule has 1 aliphatic carbocycles. The molecule has 1 heterocycles. The van der Waals surface area contributed by atoms with Gasteiger partial charge in [-0.3, -0.25) is 0 Å². The highest BCUT2D eigenvalue weighted by Crippen LogP contribution is 2.37. The first-order valence-electron chi connectivity index (χ1n) is 4.90. The lowest BCUT2D eigenvalue weighted by Crippen LogP contribution is -2.07. The Labute approximate surface area is 88.9 Å². The lowest BCUT2D eigenvalue weighted by Gasteiger charge is -2.07. The van der Waals surface area contributed by atoms with E-state index < -0.39 is 0 Å². The van der Waals surface area contributed by atoms with Crippen molar-refractivity contribution < 1.29 is 0 Å². The van der Waals surface area contributed by atoms with Crippen molar-refractivity contribution in [2.75, 3.05) is 11.9 Å². The SMILES string of the molecule is Cc1cnc(Cl)nc1NCC1CC1C. The van der Waals surface area contributed by atoms with E-state index in [0.29, 0.717) is 5.28 Å². The summed E-state index contributed by atoms with van der Waals surface area (Å²) in [6, 6.07) is 0. The van der Waals surface area contributed by atoms with Crippen molar-refractivity contribution >= 4 is 17.4 Å². The second kappa shape index (κ2) is 3.73. The molecule has 0 amide bonds. The van der Waals surface area contributed by atoms with Gasteiger partial charge in [0.05, 0.1) is 0 Å². The molecular formula is C10H14ClN3. The van der Waals surface area contributed by atoms with Crippen molar-refractivity contribution in [3.05, 3.63) is 17.0 Å². The molecule has 2 unspecified atom stereocenters. The number of hydrogen-bond donors (Lipinski definition) is 1. The van der Waals surface area contributed by atoms with Crippen molar-refractivity contribution in [1.82, 2.24) is 9.97 Å². The molecule has 1 aliphatic rings. The lowest BCUT2D eigenvalue weighted by molar-refractivity contribution is 0.783. The van der Waals surface area contributed by atoms with Gasteiger partial charge < -0.3 is 5.32 Å². The van der Waals surface area contributed by atoms with E-state index in [9.17, 15) is 0 Å². The highest BCUT2D eigenvalue weighted by molar-refractivity contribution is 6.28. The van der Waals surface area contributed by atoms with Crippen molar-refractivity contribution in [2.45, 2.75) is 20.3 Å². The summed E-state index contributed by atoms with van der Waals surface area (Å²) in [6.45, 7) is 5.25. The number of rotatable bonds is 3. The average Bonchev–Trinajstić information content (AvgIpc) is 2.84. The molecule has 4 heteroatoms. The Morgan fingerprint density at radius 2 is 2.36 bits per heavy atom. The molecule has 0 spiro atoms. The second-order valence-electron chi connectivity index (χ2n) is 4.02. The molecule has 0 aliphatic heterocycles. The zero-order valence-corrected chi connectivity index (χ0v) is 9.17. The molecule has 0 radical (unpaired) electrons. The zero-order chi connectivity index (χ0) is 10.1. The number of halogens is 1. The highest BCUT2D eigenvalue weighted by Gasteiger charge is 2.32. The Morgan fingerprint density at radius 1 is 1.64 bits per heavy atom. The molecule has 0 bridgehead atoms. The second-order valence-corrected chi connectivity index (χ2v) is 4.36. The van der Waals surface area contributed by atoms with E-state index in [1.54, 1.807) is 6.20 Å². The Morgan fingerprint density at radius 3 is 3.00 bits per heavy atom.